The molecule has 1 aromatic carbocycles. The Labute approximate surface area is 142 Å². The van der Waals surface area contributed by atoms with Crippen molar-refractivity contribution in [2.45, 2.75) is 44.8 Å². The average molecular weight is 322 g/mol. The number of hydrogen-bond acceptors (Lipinski definition) is 4. The Bertz CT molecular complexity index is 746. The van der Waals surface area contributed by atoms with Crippen LogP contribution in [0.5, 0.6) is 0 Å². The van der Waals surface area contributed by atoms with Crippen LogP contribution in [0.2, 0.25) is 0 Å². The van der Waals surface area contributed by atoms with Crippen molar-refractivity contribution < 1.29 is 4.79 Å². The molecule has 2 aromatic rings. The van der Waals surface area contributed by atoms with E-state index < -0.39 is 0 Å². The molecule has 5 heteroatoms. The number of fused-ring (bicyclic) bond motifs is 2. The SMILES string of the molecule is Cc1cc(-c2ccccc2)nc(CN2CC3CCC(CC2=O)N3)n1. The molecule has 3 heterocycles. The van der Waals surface area contributed by atoms with Crippen LogP contribution < -0.4 is 5.32 Å². The topological polar surface area (TPSA) is 58.1 Å². The lowest BCUT2D eigenvalue weighted by Gasteiger charge is -2.24. The van der Waals surface area contributed by atoms with Crippen LogP contribution in [0.1, 0.15) is 30.8 Å². The predicted octanol–water partition coefficient (Wildman–Crippen LogP) is 2.30. The molecule has 2 unspecified atom stereocenters. The molecule has 2 aliphatic heterocycles. The highest BCUT2D eigenvalue weighted by molar-refractivity contribution is 5.77. The van der Waals surface area contributed by atoms with Gasteiger partial charge in [-0.1, -0.05) is 30.3 Å². The molecule has 2 aliphatic rings. The number of benzene rings is 1. The third kappa shape index (κ3) is 3.17. The Morgan fingerprint density at radius 1 is 1.17 bits per heavy atom. The molecule has 0 radical (unpaired) electrons. The number of rotatable bonds is 3. The smallest absolute Gasteiger partial charge is 0.224 e. The molecule has 1 N–H and O–H groups in total. The molecule has 124 valence electrons. The fourth-order valence-electron chi connectivity index (χ4n) is 3.70. The predicted molar refractivity (Wildman–Crippen MR) is 92.2 cm³/mol. The monoisotopic (exact) mass is 322 g/mol. The number of likely N-dealkylation sites (tertiary alicyclic amines) is 1. The third-order valence-electron chi connectivity index (χ3n) is 4.85. The maximum Gasteiger partial charge on any atom is 0.224 e. The lowest BCUT2D eigenvalue weighted by molar-refractivity contribution is -0.132. The van der Waals surface area contributed by atoms with E-state index in [9.17, 15) is 4.79 Å². The minimum atomic E-state index is 0.209. The molecule has 0 spiro atoms. The van der Waals surface area contributed by atoms with Crippen molar-refractivity contribution in [3.63, 3.8) is 0 Å². The van der Waals surface area contributed by atoms with Crippen molar-refractivity contribution >= 4 is 5.91 Å². The summed E-state index contributed by atoms with van der Waals surface area (Å²) in [6, 6.07) is 12.9. The second-order valence-corrected chi connectivity index (χ2v) is 6.79. The van der Waals surface area contributed by atoms with Crippen LogP contribution in [-0.2, 0) is 11.3 Å². The van der Waals surface area contributed by atoms with Gasteiger partial charge in [-0.15, -0.1) is 0 Å². The molecule has 0 saturated carbocycles. The van der Waals surface area contributed by atoms with Gasteiger partial charge in [0.1, 0.15) is 5.82 Å². The van der Waals surface area contributed by atoms with Crippen molar-refractivity contribution in [3.8, 4) is 11.3 Å². The van der Waals surface area contributed by atoms with Gasteiger partial charge in [-0.25, -0.2) is 9.97 Å². The van der Waals surface area contributed by atoms with Crippen molar-refractivity contribution in [2.75, 3.05) is 6.54 Å². The van der Waals surface area contributed by atoms with E-state index >= 15 is 0 Å². The molecule has 5 nitrogen and oxygen atoms in total. The number of hydrogen-bond donors (Lipinski definition) is 1. The average Bonchev–Trinajstić information content (AvgIpc) is 2.95. The second-order valence-electron chi connectivity index (χ2n) is 6.79. The van der Waals surface area contributed by atoms with E-state index in [2.05, 4.69) is 10.3 Å². The van der Waals surface area contributed by atoms with Gasteiger partial charge in [0.25, 0.3) is 0 Å². The molecule has 4 rings (SSSR count). The van der Waals surface area contributed by atoms with Crippen LogP contribution >= 0.6 is 0 Å². The number of nitrogens with zero attached hydrogens (tertiary/aromatic N) is 3. The molecular formula is C19H22N4O. The van der Waals surface area contributed by atoms with E-state index in [4.69, 9.17) is 4.98 Å². The molecule has 1 amide bonds. The highest BCUT2D eigenvalue weighted by Gasteiger charge is 2.33. The lowest BCUT2D eigenvalue weighted by Crippen LogP contribution is -2.37. The van der Waals surface area contributed by atoms with Gasteiger partial charge >= 0.3 is 0 Å². The van der Waals surface area contributed by atoms with Gasteiger partial charge in [-0.05, 0) is 25.8 Å². The van der Waals surface area contributed by atoms with E-state index in [0.29, 0.717) is 25.0 Å². The minimum absolute atomic E-state index is 0.209. The number of aryl methyl sites for hydroxylation is 1. The largest absolute Gasteiger partial charge is 0.334 e. The molecule has 2 atom stereocenters. The maximum atomic E-state index is 12.5. The Morgan fingerprint density at radius 3 is 2.79 bits per heavy atom. The first kappa shape index (κ1) is 15.3. The van der Waals surface area contributed by atoms with Crippen LogP contribution in [0.4, 0.5) is 0 Å². The van der Waals surface area contributed by atoms with E-state index in [1.807, 2.05) is 48.2 Å². The van der Waals surface area contributed by atoms with Crippen molar-refractivity contribution in [3.05, 3.63) is 47.9 Å². The van der Waals surface area contributed by atoms with Crippen LogP contribution in [0, 0.1) is 6.92 Å². The fraction of sp³-hybridized carbons (Fsp3) is 0.421. The van der Waals surface area contributed by atoms with Gasteiger partial charge < -0.3 is 10.2 Å². The normalized spacial score (nSPS) is 23.4. The summed E-state index contributed by atoms with van der Waals surface area (Å²) in [4.78, 5) is 23.7. The third-order valence-corrected chi connectivity index (χ3v) is 4.85. The summed E-state index contributed by atoms with van der Waals surface area (Å²) in [5.74, 6) is 0.932. The first-order valence-corrected chi connectivity index (χ1v) is 8.61. The van der Waals surface area contributed by atoms with E-state index in [1.54, 1.807) is 0 Å². The zero-order valence-electron chi connectivity index (χ0n) is 13.9. The Balaban J connectivity index is 1.58. The minimum Gasteiger partial charge on any atom is -0.334 e. The summed E-state index contributed by atoms with van der Waals surface area (Å²) in [6.07, 6.45) is 2.86. The van der Waals surface area contributed by atoms with Crippen LogP contribution in [0.15, 0.2) is 36.4 Å². The molecule has 2 fully saturated rings. The van der Waals surface area contributed by atoms with E-state index in [0.717, 1.165) is 42.2 Å². The molecule has 1 aromatic heterocycles. The molecule has 2 saturated heterocycles. The first-order chi connectivity index (χ1) is 11.7. The Hall–Kier alpha value is -2.27. The quantitative estimate of drug-likeness (QED) is 0.942. The summed E-state index contributed by atoms with van der Waals surface area (Å²) >= 11 is 0. The first-order valence-electron chi connectivity index (χ1n) is 8.61. The fourth-order valence-corrected chi connectivity index (χ4v) is 3.70. The molecule has 0 aliphatic carbocycles. The van der Waals surface area contributed by atoms with Crippen molar-refractivity contribution in [1.82, 2.24) is 20.2 Å². The Morgan fingerprint density at radius 2 is 1.96 bits per heavy atom. The summed E-state index contributed by atoms with van der Waals surface area (Å²) < 4.78 is 0. The number of amides is 1. The number of aromatic nitrogens is 2. The van der Waals surface area contributed by atoms with Gasteiger partial charge in [-0.3, -0.25) is 4.79 Å². The van der Waals surface area contributed by atoms with E-state index in [1.165, 1.54) is 0 Å². The van der Waals surface area contributed by atoms with Gasteiger partial charge in [0.05, 0.1) is 12.2 Å². The number of carbonyl (C=O) groups excluding carboxylic acids is 1. The summed E-state index contributed by atoms with van der Waals surface area (Å²) in [5.41, 5.74) is 2.92. The summed E-state index contributed by atoms with van der Waals surface area (Å²) in [7, 11) is 0. The molecule has 24 heavy (non-hydrogen) atoms. The highest BCUT2D eigenvalue weighted by Crippen LogP contribution is 2.23. The lowest BCUT2D eigenvalue weighted by atomic mass is 10.1. The van der Waals surface area contributed by atoms with Gasteiger partial charge in [-0.2, -0.15) is 0 Å². The second kappa shape index (κ2) is 6.32. The van der Waals surface area contributed by atoms with Crippen LogP contribution in [0.3, 0.4) is 0 Å². The number of carbonyl (C=O) groups is 1. The zero-order chi connectivity index (χ0) is 16.5. The standard InChI is InChI=1S/C19H22N4O/c1-13-9-17(14-5-3-2-4-6-14)22-18(20-13)12-23-11-16-8-7-15(21-16)10-19(23)24/h2-6,9,15-16,21H,7-8,10-12H2,1H3. The highest BCUT2D eigenvalue weighted by atomic mass is 16.2. The van der Waals surface area contributed by atoms with Gasteiger partial charge in [0.15, 0.2) is 0 Å². The summed E-state index contributed by atoms with van der Waals surface area (Å²) in [6.45, 7) is 3.23. The molecule has 2 bridgehead atoms. The van der Waals surface area contributed by atoms with E-state index in [-0.39, 0.29) is 5.91 Å². The Kier molecular flexibility index (Phi) is 4.02. The van der Waals surface area contributed by atoms with Gasteiger partial charge in [0.2, 0.25) is 5.91 Å². The van der Waals surface area contributed by atoms with Crippen molar-refractivity contribution in [2.24, 2.45) is 0 Å². The van der Waals surface area contributed by atoms with Crippen LogP contribution in [-0.4, -0.2) is 39.4 Å². The molecular weight excluding hydrogens is 300 g/mol. The van der Waals surface area contributed by atoms with Crippen molar-refractivity contribution in [1.29, 1.82) is 0 Å². The van der Waals surface area contributed by atoms with Crippen LogP contribution in [0.25, 0.3) is 11.3 Å². The zero-order valence-corrected chi connectivity index (χ0v) is 13.9. The number of nitrogens with one attached hydrogen (secondary N) is 1. The summed E-state index contributed by atoms with van der Waals surface area (Å²) in [5, 5.41) is 3.54. The maximum absolute atomic E-state index is 12.5. The van der Waals surface area contributed by atoms with Gasteiger partial charge in [0, 0.05) is 36.3 Å².